The fourth-order valence-electron chi connectivity index (χ4n) is 3.16. The summed E-state index contributed by atoms with van der Waals surface area (Å²) in [6, 6.07) is 12.1. The van der Waals surface area contributed by atoms with Gasteiger partial charge in [0.1, 0.15) is 0 Å². The molecule has 3 nitrogen and oxygen atoms in total. The lowest BCUT2D eigenvalue weighted by Crippen LogP contribution is -2.04. The maximum absolute atomic E-state index is 13.1. The van der Waals surface area contributed by atoms with Gasteiger partial charge < -0.3 is 5.32 Å². The van der Waals surface area contributed by atoms with Gasteiger partial charge >= 0.3 is 0 Å². The fraction of sp³-hybridized carbons (Fsp3) is 0.263. The van der Waals surface area contributed by atoms with Crippen molar-refractivity contribution in [2.45, 2.75) is 26.2 Å². The number of thiazole rings is 1. The van der Waals surface area contributed by atoms with E-state index in [1.54, 1.807) is 11.3 Å². The highest BCUT2D eigenvalue weighted by Crippen LogP contribution is 2.35. The Labute approximate surface area is 139 Å². The second kappa shape index (κ2) is 5.78. The van der Waals surface area contributed by atoms with Gasteiger partial charge in [0.15, 0.2) is 10.9 Å². The molecule has 0 spiro atoms. The van der Waals surface area contributed by atoms with Gasteiger partial charge in [0, 0.05) is 17.7 Å². The number of rotatable bonds is 3. The normalized spacial score (nSPS) is 13.5. The number of nitrogens with one attached hydrogen (secondary N) is 1. The van der Waals surface area contributed by atoms with E-state index in [4.69, 9.17) is 0 Å². The first-order valence-corrected chi connectivity index (χ1v) is 8.88. The molecule has 0 bridgehead atoms. The maximum atomic E-state index is 13.1. The van der Waals surface area contributed by atoms with Crippen molar-refractivity contribution in [1.82, 2.24) is 4.98 Å². The predicted molar refractivity (Wildman–Crippen MR) is 95.7 cm³/mol. The van der Waals surface area contributed by atoms with E-state index >= 15 is 0 Å². The molecule has 0 unspecified atom stereocenters. The maximum Gasteiger partial charge on any atom is 0.195 e. The third-order valence-corrected chi connectivity index (χ3v) is 5.37. The highest BCUT2D eigenvalue weighted by Gasteiger charge is 2.24. The molecule has 4 rings (SSSR count). The summed E-state index contributed by atoms with van der Waals surface area (Å²) in [7, 11) is 0. The first-order valence-electron chi connectivity index (χ1n) is 8.07. The minimum absolute atomic E-state index is 0.143. The monoisotopic (exact) mass is 322 g/mol. The van der Waals surface area contributed by atoms with Crippen LogP contribution in [0.4, 0.5) is 5.13 Å². The summed E-state index contributed by atoms with van der Waals surface area (Å²) in [5, 5.41) is 4.24. The lowest BCUT2D eigenvalue weighted by atomic mass is 9.98. The molecular formula is C19H18N2OS. The zero-order valence-electron chi connectivity index (χ0n) is 13.1. The Morgan fingerprint density at radius 1 is 1.13 bits per heavy atom. The number of benzene rings is 2. The molecule has 1 aromatic heterocycles. The number of carbonyl (C=O) groups excluding carboxylic acids is 1. The molecule has 23 heavy (non-hydrogen) atoms. The Bertz CT molecular complexity index is 898. The number of aryl methyl sites for hydroxylation is 2. The van der Waals surface area contributed by atoms with Gasteiger partial charge in [-0.1, -0.05) is 48.6 Å². The average Bonchev–Trinajstić information content (AvgIpc) is 2.94. The van der Waals surface area contributed by atoms with E-state index in [2.05, 4.69) is 29.4 Å². The lowest BCUT2D eigenvalue weighted by Gasteiger charge is -2.05. The number of fused-ring (bicyclic) bond motifs is 4. The highest BCUT2D eigenvalue weighted by molar-refractivity contribution is 7.22. The molecule has 0 amide bonds. The van der Waals surface area contributed by atoms with Crippen LogP contribution in [0.25, 0.3) is 10.2 Å². The third-order valence-electron chi connectivity index (χ3n) is 4.32. The summed E-state index contributed by atoms with van der Waals surface area (Å²) in [5.41, 5.74) is 4.91. The Hall–Kier alpha value is -2.20. The molecule has 2 aromatic carbocycles. The van der Waals surface area contributed by atoms with E-state index < -0.39 is 0 Å². The zero-order valence-corrected chi connectivity index (χ0v) is 13.9. The largest absolute Gasteiger partial charge is 0.361 e. The molecule has 0 saturated heterocycles. The summed E-state index contributed by atoms with van der Waals surface area (Å²) in [5.74, 6) is 0.143. The number of anilines is 1. The van der Waals surface area contributed by atoms with Crippen LogP contribution < -0.4 is 5.32 Å². The molecule has 0 saturated carbocycles. The average molecular weight is 322 g/mol. The summed E-state index contributed by atoms with van der Waals surface area (Å²) < 4.78 is 1.02. The van der Waals surface area contributed by atoms with Gasteiger partial charge in [0.05, 0.1) is 10.2 Å². The predicted octanol–water partition coefficient (Wildman–Crippen LogP) is 4.45. The Balaban J connectivity index is 1.89. The number of ketones is 1. The van der Waals surface area contributed by atoms with E-state index in [9.17, 15) is 4.79 Å². The van der Waals surface area contributed by atoms with E-state index in [0.717, 1.165) is 63.4 Å². The van der Waals surface area contributed by atoms with Crippen LogP contribution in [0.1, 0.15) is 40.4 Å². The first-order chi connectivity index (χ1) is 11.3. The molecule has 0 radical (unpaired) electrons. The van der Waals surface area contributed by atoms with Crippen molar-refractivity contribution >= 4 is 32.5 Å². The van der Waals surface area contributed by atoms with E-state index in [1.807, 2.05) is 24.3 Å². The van der Waals surface area contributed by atoms with Crippen LogP contribution in [0, 0.1) is 0 Å². The summed E-state index contributed by atoms with van der Waals surface area (Å²) in [4.78, 5) is 17.8. The topological polar surface area (TPSA) is 42.0 Å². The van der Waals surface area contributed by atoms with Gasteiger partial charge in [0.25, 0.3) is 0 Å². The first kappa shape index (κ1) is 14.4. The summed E-state index contributed by atoms with van der Waals surface area (Å²) >= 11 is 1.60. The molecular weight excluding hydrogens is 304 g/mol. The van der Waals surface area contributed by atoms with Crippen molar-refractivity contribution in [1.29, 1.82) is 0 Å². The van der Waals surface area contributed by atoms with Crippen LogP contribution in [0.2, 0.25) is 0 Å². The third kappa shape index (κ3) is 2.43. The number of hydrogen-bond acceptors (Lipinski definition) is 4. The van der Waals surface area contributed by atoms with Crippen molar-refractivity contribution in [3.05, 3.63) is 58.7 Å². The molecule has 1 aliphatic rings. The van der Waals surface area contributed by atoms with Crippen LogP contribution in [0.5, 0.6) is 0 Å². The number of aromatic nitrogens is 1. The number of hydrogen-bond donors (Lipinski definition) is 1. The summed E-state index contributed by atoms with van der Waals surface area (Å²) in [6.45, 7) is 3.03. The van der Waals surface area contributed by atoms with Crippen molar-refractivity contribution in [2.75, 3.05) is 11.9 Å². The molecule has 0 fully saturated rings. The Morgan fingerprint density at radius 3 is 2.83 bits per heavy atom. The number of nitrogens with zero attached hydrogens (tertiary/aromatic N) is 1. The Kier molecular flexibility index (Phi) is 3.62. The van der Waals surface area contributed by atoms with E-state index in [1.165, 1.54) is 0 Å². The van der Waals surface area contributed by atoms with E-state index in [0.29, 0.717) is 0 Å². The second-order valence-electron chi connectivity index (χ2n) is 5.88. The minimum Gasteiger partial charge on any atom is -0.361 e. The summed E-state index contributed by atoms with van der Waals surface area (Å²) in [6.07, 6.45) is 2.88. The van der Waals surface area contributed by atoms with Gasteiger partial charge in [0.2, 0.25) is 0 Å². The van der Waals surface area contributed by atoms with Crippen molar-refractivity contribution in [3.63, 3.8) is 0 Å². The van der Waals surface area contributed by atoms with Crippen molar-refractivity contribution in [3.8, 4) is 0 Å². The molecule has 1 heterocycles. The van der Waals surface area contributed by atoms with E-state index in [-0.39, 0.29) is 5.78 Å². The minimum atomic E-state index is 0.143. The van der Waals surface area contributed by atoms with Crippen LogP contribution in [0.3, 0.4) is 0 Å². The van der Waals surface area contributed by atoms with Crippen LogP contribution >= 0.6 is 11.3 Å². The quantitative estimate of drug-likeness (QED) is 0.775. The van der Waals surface area contributed by atoms with Gasteiger partial charge in [-0.25, -0.2) is 4.98 Å². The molecule has 0 atom stereocenters. The lowest BCUT2D eigenvalue weighted by molar-refractivity contribution is 0.104. The van der Waals surface area contributed by atoms with Crippen molar-refractivity contribution in [2.24, 2.45) is 0 Å². The smallest absolute Gasteiger partial charge is 0.195 e. The molecule has 116 valence electrons. The molecule has 1 aliphatic carbocycles. The molecule has 4 heteroatoms. The zero-order chi connectivity index (χ0) is 15.8. The van der Waals surface area contributed by atoms with Crippen LogP contribution in [0.15, 0.2) is 36.4 Å². The second-order valence-corrected chi connectivity index (χ2v) is 6.88. The fourth-order valence-corrected chi connectivity index (χ4v) is 4.22. The molecule has 1 N–H and O–H groups in total. The molecule has 3 aromatic rings. The Morgan fingerprint density at radius 2 is 1.96 bits per heavy atom. The van der Waals surface area contributed by atoms with Crippen molar-refractivity contribution < 1.29 is 4.79 Å². The SMILES string of the molecule is CCCNc1nc2ccc3c(c2s1)C(=O)c1ccccc1CC3. The van der Waals surface area contributed by atoms with Gasteiger partial charge in [-0.05, 0) is 36.5 Å². The van der Waals surface area contributed by atoms with Gasteiger partial charge in [-0.3, -0.25) is 4.79 Å². The van der Waals surface area contributed by atoms with Crippen LogP contribution in [-0.2, 0) is 12.8 Å². The number of carbonyl (C=O) groups is 1. The highest BCUT2D eigenvalue weighted by atomic mass is 32.1. The molecule has 0 aliphatic heterocycles. The van der Waals surface area contributed by atoms with Crippen LogP contribution in [-0.4, -0.2) is 17.3 Å². The van der Waals surface area contributed by atoms with Gasteiger partial charge in [-0.2, -0.15) is 0 Å². The van der Waals surface area contributed by atoms with Gasteiger partial charge in [-0.15, -0.1) is 0 Å². The standard InChI is InChI=1S/C19H18N2OS/c1-2-11-20-19-21-15-10-9-13-8-7-12-5-3-4-6-14(12)17(22)16(13)18(15)23-19/h3-6,9-10H,2,7-8,11H2,1H3,(H,20,21).